The SMILES string of the molecule is CC(N)c1ccc(-c2nc3cc[nH]c(=O)c3cc2C2C=CC=CC2)cc1. The van der Waals surface area contributed by atoms with E-state index in [2.05, 4.69) is 41.4 Å². The first-order chi connectivity index (χ1) is 12.6. The third kappa shape index (κ3) is 3.00. The van der Waals surface area contributed by atoms with Gasteiger partial charge in [0, 0.05) is 23.7 Å². The third-order valence-electron chi connectivity index (χ3n) is 4.87. The number of aromatic amines is 1. The molecule has 1 aliphatic rings. The van der Waals surface area contributed by atoms with Crippen molar-refractivity contribution >= 4 is 10.9 Å². The molecule has 26 heavy (non-hydrogen) atoms. The predicted molar refractivity (Wildman–Crippen MR) is 106 cm³/mol. The molecular weight excluding hydrogens is 322 g/mol. The number of fused-ring (bicyclic) bond motifs is 1. The molecular formula is C22H21N3O. The Hall–Kier alpha value is -2.98. The van der Waals surface area contributed by atoms with Gasteiger partial charge < -0.3 is 10.7 Å². The van der Waals surface area contributed by atoms with E-state index in [1.165, 1.54) is 0 Å². The van der Waals surface area contributed by atoms with Gasteiger partial charge in [-0.3, -0.25) is 4.79 Å². The van der Waals surface area contributed by atoms with Crippen LogP contribution in [-0.2, 0) is 0 Å². The van der Waals surface area contributed by atoms with E-state index in [9.17, 15) is 4.79 Å². The van der Waals surface area contributed by atoms with Crippen molar-refractivity contribution in [1.82, 2.24) is 9.97 Å². The van der Waals surface area contributed by atoms with E-state index >= 15 is 0 Å². The molecule has 0 fully saturated rings. The van der Waals surface area contributed by atoms with E-state index < -0.39 is 0 Å². The number of nitrogens with two attached hydrogens (primary N) is 1. The van der Waals surface area contributed by atoms with Gasteiger partial charge in [-0.2, -0.15) is 0 Å². The summed E-state index contributed by atoms with van der Waals surface area (Å²) in [6.07, 6.45) is 11.0. The zero-order valence-electron chi connectivity index (χ0n) is 14.6. The summed E-state index contributed by atoms with van der Waals surface area (Å²) in [5, 5.41) is 0.626. The number of rotatable bonds is 3. The number of benzene rings is 1. The molecule has 0 amide bonds. The van der Waals surface area contributed by atoms with Crippen LogP contribution < -0.4 is 11.3 Å². The topological polar surface area (TPSA) is 71.8 Å². The molecule has 2 atom stereocenters. The minimum absolute atomic E-state index is 0.00180. The summed E-state index contributed by atoms with van der Waals surface area (Å²) < 4.78 is 0. The lowest BCUT2D eigenvalue weighted by atomic mass is 9.88. The molecule has 0 saturated carbocycles. The average molecular weight is 343 g/mol. The minimum Gasteiger partial charge on any atom is -0.328 e. The van der Waals surface area contributed by atoms with Crippen LogP contribution >= 0.6 is 0 Å². The van der Waals surface area contributed by atoms with E-state index in [1.807, 2.05) is 31.2 Å². The van der Waals surface area contributed by atoms with E-state index in [-0.39, 0.29) is 17.5 Å². The van der Waals surface area contributed by atoms with Crippen LogP contribution in [0.5, 0.6) is 0 Å². The van der Waals surface area contributed by atoms with E-state index in [0.29, 0.717) is 10.9 Å². The molecule has 1 aliphatic carbocycles. The average Bonchev–Trinajstić information content (AvgIpc) is 2.68. The summed E-state index contributed by atoms with van der Waals surface area (Å²) in [5.74, 6) is 0.208. The summed E-state index contributed by atoms with van der Waals surface area (Å²) in [7, 11) is 0. The van der Waals surface area contributed by atoms with Crippen LogP contribution in [0.25, 0.3) is 22.2 Å². The first-order valence-corrected chi connectivity index (χ1v) is 8.85. The van der Waals surface area contributed by atoms with Crippen molar-refractivity contribution in [3.8, 4) is 11.3 Å². The van der Waals surface area contributed by atoms with Crippen molar-refractivity contribution in [3.05, 3.63) is 88.4 Å². The molecule has 0 bridgehead atoms. The lowest BCUT2D eigenvalue weighted by Gasteiger charge is -2.18. The molecule has 0 aliphatic heterocycles. The number of nitrogens with zero attached hydrogens (tertiary/aromatic N) is 1. The second-order valence-electron chi connectivity index (χ2n) is 6.73. The highest BCUT2D eigenvalue weighted by Crippen LogP contribution is 2.34. The van der Waals surface area contributed by atoms with Gasteiger partial charge in [0.05, 0.1) is 16.6 Å². The van der Waals surface area contributed by atoms with Crippen LogP contribution in [0, 0.1) is 0 Å². The Morgan fingerprint density at radius 1 is 1.19 bits per heavy atom. The van der Waals surface area contributed by atoms with Crippen molar-refractivity contribution in [2.45, 2.75) is 25.3 Å². The van der Waals surface area contributed by atoms with Gasteiger partial charge >= 0.3 is 0 Å². The quantitative estimate of drug-likeness (QED) is 0.748. The summed E-state index contributed by atoms with van der Waals surface area (Å²) in [5.41, 5.74) is 10.7. The lowest BCUT2D eigenvalue weighted by molar-refractivity contribution is 0.818. The number of pyridine rings is 2. The van der Waals surface area contributed by atoms with Crippen LogP contribution in [0.2, 0.25) is 0 Å². The zero-order chi connectivity index (χ0) is 18.1. The Bertz CT molecular complexity index is 1060. The fourth-order valence-corrected chi connectivity index (χ4v) is 3.40. The minimum atomic E-state index is -0.106. The van der Waals surface area contributed by atoms with Crippen molar-refractivity contribution in [2.75, 3.05) is 0 Å². The Morgan fingerprint density at radius 2 is 2.00 bits per heavy atom. The van der Waals surface area contributed by atoms with Gasteiger partial charge in [0.1, 0.15) is 0 Å². The molecule has 2 heterocycles. The zero-order valence-corrected chi connectivity index (χ0v) is 14.6. The summed E-state index contributed by atoms with van der Waals surface area (Å²) >= 11 is 0. The Balaban J connectivity index is 1.92. The van der Waals surface area contributed by atoms with Gasteiger partial charge in [0.15, 0.2) is 0 Å². The molecule has 4 rings (SSSR count). The second kappa shape index (κ2) is 6.73. The van der Waals surface area contributed by atoms with Crippen LogP contribution in [-0.4, -0.2) is 9.97 Å². The molecule has 4 heteroatoms. The molecule has 3 N–H and O–H groups in total. The maximum absolute atomic E-state index is 12.2. The van der Waals surface area contributed by atoms with Crippen LogP contribution in [0.4, 0.5) is 0 Å². The summed E-state index contributed by atoms with van der Waals surface area (Å²) in [6, 6.07) is 12.0. The van der Waals surface area contributed by atoms with Gasteiger partial charge in [-0.05, 0) is 36.6 Å². The second-order valence-corrected chi connectivity index (χ2v) is 6.73. The summed E-state index contributed by atoms with van der Waals surface area (Å²) in [4.78, 5) is 19.8. The molecule has 3 aromatic rings. The number of hydrogen-bond acceptors (Lipinski definition) is 3. The Labute approximate surface area is 152 Å². The lowest BCUT2D eigenvalue weighted by Crippen LogP contribution is -2.09. The van der Waals surface area contributed by atoms with Crippen molar-refractivity contribution in [2.24, 2.45) is 5.73 Å². The molecule has 2 aromatic heterocycles. The number of H-pyrrole nitrogens is 1. The predicted octanol–water partition coefficient (Wildman–Crippen LogP) is 4.21. The van der Waals surface area contributed by atoms with Gasteiger partial charge in [0.2, 0.25) is 0 Å². The smallest absolute Gasteiger partial charge is 0.257 e. The number of hydrogen-bond donors (Lipinski definition) is 2. The number of allylic oxidation sites excluding steroid dienone is 4. The van der Waals surface area contributed by atoms with E-state index in [4.69, 9.17) is 10.7 Å². The molecule has 130 valence electrons. The van der Waals surface area contributed by atoms with Crippen LogP contribution in [0.15, 0.2) is 71.7 Å². The Kier molecular flexibility index (Phi) is 4.27. The third-order valence-corrected chi connectivity index (χ3v) is 4.87. The van der Waals surface area contributed by atoms with Crippen LogP contribution in [0.1, 0.15) is 36.4 Å². The number of nitrogens with one attached hydrogen (secondary N) is 1. The molecule has 0 spiro atoms. The molecule has 4 nitrogen and oxygen atoms in total. The normalized spacial score (nSPS) is 17.5. The fraction of sp³-hybridized carbons (Fsp3) is 0.182. The molecule has 1 aromatic carbocycles. The van der Waals surface area contributed by atoms with Gasteiger partial charge in [-0.15, -0.1) is 0 Å². The molecule has 0 saturated heterocycles. The number of aromatic nitrogens is 2. The highest BCUT2D eigenvalue weighted by molar-refractivity contribution is 5.83. The van der Waals surface area contributed by atoms with Crippen molar-refractivity contribution in [1.29, 1.82) is 0 Å². The van der Waals surface area contributed by atoms with Crippen molar-refractivity contribution < 1.29 is 0 Å². The fourth-order valence-electron chi connectivity index (χ4n) is 3.40. The highest BCUT2D eigenvalue weighted by atomic mass is 16.1. The maximum Gasteiger partial charge on any atom is 0.257 e. The van der Waals surface area contributed by atoms with E-state index in [1.54, 1.807) is 6.20 Å². The first kappa shape index (κ1) is 16.5. The summed E-state index contributed by atoms with van der Waals surface area (Å²) in [6.45, 7) is 1.97. The van der Waals surface area contributed by atoms with Gasteiger partial charge in [-0.25, -0.2) is 4.98 Å². The van der Waals surface area contributed by atoms with Gasteiger partial charge in [-0.1, -0.05) is 48.6 Å². The van der Waals surface area contributed by atoms with E-state index in [0.717, 1.165) is 28.8 Å². The Morgan fingerprint density at radius 3 is 2.69 bits per heavy atom. The van der Waals surface area contributed by atoms with Gasteiger partial charge in [0.25, 0.3) is 5.56 Å². The first-order valence-electron chi connectivity index (χ1n) is 8.85. The standard InChI is InChI=1S/C22H21N3O/c1-14(23)15-7-9-17(10-8-15)21-18(16-5-3-2-4-6-16)13-19-20(25-21)11-12-24-22(19)26/h2-5,7-14,16H,6,23H2,1H3,(H,24,26). The van der Waals surface area contributed by atoms with Crippen molar-refractivity contribution in [3.63, 3.8) is 0 Å². The van der Waals surface area contributed by atoms with Crippen LogP contribution in [0.3, 0.4) is 0 Å². The highest BCUT2D eigenvalue weighted by Gasteiger charge is 2.18. The monoisotopic (exact) mass is 343 g/mol. The largest absolute Gasteiger partial charge is 0.328 e. The molecule has 0 radical (unpaired) electrons. The molecule has 2 unspecified atom stereocenters. The maximum atomic E-state index is 12.2.